The Balaban J connectivity index is 2.00. The number of hydrogen-bond donors (Lipinski definition) is 2. The summed E-state index contributed by atoms with van der Waals surface area (Å²) in [6.45, 7) is 3.61. The van der Waals surface area contributed by atoms with Crippen molar-refractivity contribution in [1.29, 1.82) is 0 Å². The molecule has 0 radical (unpaired) electrons. The lowest BCUT2D eigenvalue weighted by Crippen LogP contribution is -2.40. The van der Waals surface area contributed by atoms with Gasteiger partial charge in [-0.15, -0.1) is 0 Å². The second kappa shape index (κ2) is 9.61. The maximum absolute atomic E-state index is 13.1. The summed E-state index contributed by atoms with van der Waals surface area (Å²) in [4.78, 5) is 41.3. The molecule has 2 aromatic rings. The Kier molecular flexibility index (Phi) is 6.92. The number of amides is 1. The van der Waals surface area contributed by atoms with Crippen molar-refractivity contribution in [3.63, 3.8) is 0 Å². The Hall–Kier alpha value is -3.09. The predicted octanol–water partition coefficient (Wildman–Crippen LogP) is 3.81. The first-order valence-corrected chi connectivity index (χ1v) is 10.4. The number of rotatable bonds is 7. The number of hydrogen-bond acceptors (Lipinski definition) is 5. The summed E-state index contributed by atoms with van der Waals surface area (Å²) < 4.78 is 10.4. The minimum atomic E-state index is -0.690. The molecule has 0 aliphatic heterocycles. The van der Waals surface area contributed by atoms with Crippen LogP contribution in [-0.2, 0) is 9.53 Å². The van der Waals surface area contributed by atoms with Crippen LogP contribution < -0.4 is 10.1 Å². The zero-order chi connectivity index (χ0) is 21.7. The number of nitrogens with one attached hydrogen (secondary N) is 2. The highest BCUT2D eigenvalue weighted by Gasteiger charge is 2.30. The molecule has 0 bridgehead atoms. The number of aromatic nitrogens is 1. The van der Waals surface area contributed by atoms with Crippen LogP contribution in [0.2, 0.25) is 0 Å². The number of aryl methyl sites for hydroxylation is 1. The summed E-state index contributed by atoms with van der Waals surface area (Å²) in [6.07, 6.45) is 5.00. The lowest BCUT2D eigenvalue weighted by molar-refractivity contribution is -0.117. The molecular formula is C23H28N2O5. The second-order valence-electron chi connectivity index (χ2n) is 7.46. The van der Waals surface area contributed by atoms with E-state index in [2.05, 4.69) is 10.3 Å². The van der Waals surface area contributed by atoms with E-state index in [4.69, 9.17) is 9.47 Å². The van der Waals surface area contributed by atoms with Crippen LogP contribution in [0.4, 0.5) is 0 Å². The largest absolute Gasteiger partial charge is 0.497 e. The number of carbonyl (C=O) groups is 3. The summed E-state index contributed by atoms with van der Waals surface area (Å²) in [6, 6.07) is 6.99. The molecule has 160 valence electrons. The number of esters is 1. The van der Waals surface area contributed by atoms with Crippen molar-refractivity contribution >= 4 is 17.7 Å². The van der Waals surface area contributed by atoms with Crippen LogP contribution in [0.15, 0.2) is 24.3 Å². The molecule has 1 aromatic carbocycles. The first-order chi connectivity index (χ1) is 14.5. The summed E-state index contributed by atoms with van der Waals surface area (Å²) in [5, 5.41) is 2.85. The lowest BCUT2D eigenvalue weighted by Gasteiger charge is -2.22. The summed E-state index contributed by atoms with van der Waals surface area (Å²) in [5.74, 6) is -1.24. The van der Waals surface area contributed by atoms with Gasteiger partial charge in [0.1, 0.15) is 11.4 Å². The Morgan fingerprint density at radius 2 is 1.77 bits per heavy atom. The van der Waals surface area contributed by atoms with Gasteiger partial charge in [0.2, 0.25) is 0 Å². The van der Waals surface area contributed by atoms with E-state index in [0.29, 0.717) is 22.6 Å². The topological polar surface area (TPSA) is 97.5 Å². The van der Waals surface area contributed by atoms with E-state index in [-0.39, 0.29) is 23.9 Å². The molecule has 7 heteroatoms. The van der Waals surface area contributed by atoms with Gasteiger partial charge in [-0.25, -0.2) is 4.79 Å². The lowest BCUT2D eigenvalue weighted by atomic mass is 9.95. The van der Waals surface area contributed by atoms with Gasteiger partial charge in [-0.2, -0.15) is 0 Å². The highest BCUT2D eigenvalue weighted by atomic mass is 16.5. The fourth-order valence-electron chi connectivity index (χ4n) is 3.91. The highest BCUT2D eigenvalue weighted by Crippen LogP contribution is 2.32. The van der Waals surface area contributed by atoms with Gasteiger partial charge in [0.25, 0.3) is 11.7 Å². The standard InChI is InChI=1S/C23H28N2O5/c1-4-30-23(28)18-14(2)24-20(19(18)15-10-12-17(29-3)13-11-15)21(26)22(27)25-16-8-6-5-7-9-16/h10-13,16,24H,4-9H2,1-3H3,(H,25,27). The molecule has 1 heterocycles. The van der Waals surface area contributed by atoms with Gasteiger partial charge in [-0.3, -0.25) is 9.59 Å². The number of aromatic amines is 1. The molecule has 1 aromatic heterocycles. The average Bonchev–Trinajstić information content (AvgIpc) is 3.11. The van der Waals surface area contributed by atoms with E-state index < -0.39 is 17.7 Å². The summed E-state index contributed by atoms with van der Waals surface area (Å²) in [5.41, 5.74) is 1.83. The predicted molar refractivity (Wildman–Crippen MR) is 113 cm³/mol. The van der Waals surface area contributed by atoms with Crippen molar-refractivity contribution in [2.45, 2.75) is 52.0 Å². The zero-order valence-electron chi connectivity index (χ0n) is 17.7. The number of H-pyrrole nitrogens is 1. The maximum atomic E-state index is 13.1. The van der Waals surface area contributed by atoms with E-state index in [9.17, 15) is 14.4 Å². The molecule has 7 nitrogen and oxygen atoms in total. The second-order valence-corrected chi connectivity index (χ2v) is 7.46. The molecule has 30 heavy (non-hydrogen) atoms. The highest BCUT2D eigenvalue weighted by molar-refractivity contribution is 6.44. The van der Waals surface area contributed by atoms with Crippen molar-refractivity contribution < 1.29 is 23.9 Å². The molecule has 3 rings (SSSR count). The monoisotopic (exact) mass is 412 g/mol. The van der Waals surface area contributed by atoms with Gasteiger partial charge in [0.05, 0.1) is 19.3 Å². The molecular weight excluding hydrogens is 384 g/mol. The van der Waals surface area contributed by atoms with Crippen LogP contribution in [0.5, 0.6) is 5.75 Å². The molecule has 1 aliphatic rings. The van der Waals surface area contributed by atoms with Crippen molar-refractivity contribution in [3.05, 3.63) is 41.2 Å². The van der Waals surface area contributed by atoms with Gasteiger partial charge < -0.3 is 19.8 Å². The molecule has 1 amide bonds. The van der Waals surface area contributed by atoms with E-state index in [1.165, 1.54) is 0 Å². The van der Waals surface area contributed by atoms with Gasteiger partial charge in [-0.1, -0.05) is 31.4 Å². The number of Topliss-reactive ketones (excluding diaryl/α,β-unsaturated/α-hetero) is 1. The third-order valence-electron chi connectivity index (χ3n) is 5.42. The first-order valence-electron chi connectivity index (χ1n) is 10.4. The smallest absolute Gasteiger partial charge is 0.340 e. The van der Waals surface area contributed by atoms with Crippen LogP contribution >= 0.6 is 0 Å². The van der Waals surface area contributed by atoms with E-state index >= 15 is 0 Å². The van der Waals surface area contributed by atoms with Crippen LogP contribution in [0.3, 0.4) is 0 Å². The zero-order valence-corrected chi connectivity index (χ0v) is 17.7. The third-order valence-corrected chi connectivity index (χ3v) is 5.42. The fraction of sp³-hybridized carbons (Fsp3) is 0.435. The van der Waals surface area contributed by atoms with Crippen LogP contribution in [0.25, 0.3) is 11.1 Å². The van der Waals surface area contributed by atoms with Gasteiger partial charge in [0, 0.05) is 17.3 Å². The maximum Gasteiger partial charge on any atom is 0.340 e. The van der Waals surface area contributed by atoms with E-state index in [1.807, 2.05) is 0 Å². The molecule has 2 N–H and O–H groups in total. The van der Waals surface area contributed by atoms with Crippen LogP contribution in [0.1, 0.15) is 65.6 Å². The summed E-state index contributed by atoms with van der Waals surface area (Å²) >= 11 is 0. The SMILES string of the molecule is CCOC(=O)c1c(C)[nH]c(C(=O)C(=O)NC2CCCCC2)c1-c1ccc(OC)cc1. The van der Waals surface area contributed by atoms with Crippen molar-refractivity contribution in [2.24, 2.45) is 0 Å². The average molecular weight is 412 g/mol. The van der Waals surface area contributed by atoms with Crippen LogP contribution in [0, 0.1) is 6.92 Å². The van der Waals surface area contributed by atoms with Crippen molar-refractivity contribution in [1.82, 2.24) is 10.3 Å². The minimum Gasteiger partial charge on any atom is -0.497 e. The third kappa shape index (κ3) is 4.56. The molecule has 1 aliphatic carbocycles. The molecule has 0 saturated heterocycles. The Labute approximate surface area is 176 Å². The number of methoxy groups -OCH3 is 1. The minimum absolute atomic E-state index is 0.0141. The molecule has 0 atom stereocenters. The Morgan fingerprint density at radius 1 is 1.10 bits per heavy atom. The number of benzene rings is 1. The normalized spacial score (nSPS) is 14.2. The first kappa shape index (κ1) is 21.6. The number of ketones is 1. The van der Waals surface area contributed by atoms with Gasteiger partial charge in [-0.05, 0) is 44.4 Å². The quantitative estimate of drug-likeness (QED) is 0.409. The van der Waals surface area contributed by atoms with Crippen LogP contribution in [-0.4, -0.2) is 42.4 Å². The fourth-order valence-corrected chi connectivity index (χ4v) is 3.91. The van der Waals surface area contributed by atoms with Gasteiger partial charge >= 0.3 is 5.97 Å². The Bertz CT molecular complexity index is 924. The van der Waals surface area contributed by atoms with Crippen molar-refractivity contribution in [2.75, 3.05) is 13.7 Å². The molecule has 0 spiro atoms. The molecule has 0 unspecified atom stereocenters. The number of carbonyl (C=O) groups excluding carboxylic acids is 3. The van der Waals surface area contributed by atoms with Gasteiger partial charge in [0.15, 0.2) is 0 Å². The summed E-state index contributed by atoms with van der Waals surface area (Å²) in [7, 11) is 1.56. The molecule has 1 fully saturated rings. The van der Waals surface area contributed by atoms with E-state index in [1.54, 1.807) is 45.2 Å². The van der Waals surface area contributed by atoms with Crippen molar-refractivity contribution in [3.8, 4) is 16.9 Å². The Morgan fingerprint density at radius 3 is 2.37 bits per heavy atom. The number of ether oxygens (including phenoxy) is 2. The van der Waals surface area contributed by atoms with E-state index in [0.717, 1.165) is 32.1 Å². The molecule has 1 saturated carbocycles.